The van der Waals surface area contributed by atoms with Gasteiger partial charge in [-0.15, -0.1) is 0 Å². The number of pyridine rings is 1. The van der Waals surface area contributed by atoms with Gasteiger partial charge in [0, 0.05) is 51.6 Å². The SMILES string of the molecule is COCCNC(=O)C[C@@H]1C[C@@H]2CN(Cc3ccncc3)C[C@H]2O1. The second-order valence-electron chi connectivity index (χ2n) is 6.39. The van der Waals surface area contributed by atoms with Crippen molar-refractivity contribution in [2.24, 2.45) is 5.92 Å². The first kappa shape index (κ1) is 16.4. The topological polar surface area (TPSA) is 63.7 Å². The molecule has 2 aliphatic heterocycles. The van der Waals surface area contributed by atoms with Crippen LogP contribution in [0.15, 0.2) is 24.5 Å². The predicted molar refractivity (Wildman–Crippen MR) is 85.8 cm³/mol. The summed E-state index contributed by atoms with van der Waals surface area (Å²) in [5.74, 6) is 0.606. The van der Waals surface area contributed by atoms with Crippen molar-refractivity contribution in [3.8, 4) is 0 Å². The van der Waals surface area contributed by atoms with Crippen molar-refractivity contribution in [3.05, 3.63) is 30.1 Å². The standard InChI is InChI=1S/C17H25N3O3/c1-22-7-6-19-17(21)9-15-8-14-11-20(12-16(14)23-15)10-13-2-4-18-5-3-13/h2-5,14-16H,6-12H2,1H3,(H,19,21)/t14-,15+,16-/m1/s1. The molecule has 1 aromatic heterocycles. The molecule has 1 N–H and O–H groups in total. The van der Waals surface area contributed by atoms with E-state index in [-0.39, 0.29) is 18.1 Å². The molecule has 0 aromatic carbocycles. The maximum atomic E-state index is 11.8. The van der Waals surface area contributed by atoms with Crippen molar-refractivity contribution in [3.63, 3.8) is 0 Å². The lowest BCUT2D eigenvalue weighted by Crippen LogP contribution is -2.31. The maximum Gasteiger partial charge on any atom is 0.222 e. The van der Waals surface area contributed by atoms with Gasteiger partial charge in [0.15, 0.2) is 0 Å². The van der Waals surface area contributed by atoms with Crippen LogP contribution >= 0.6 is 0 Å². The van der Waals surface area contributed by atoms with E-state index in [1.165, 1.54) is 5.56 Å². The summed E-state index contributed by atoms with van der Waals surface area (Å²) in [5.41, 5.74) is 1.29. The maximum absolute atomic E-state index is 11.8. The molecule has 0 bridgehead atoms. The number of aromatic nitrogens is 1. The molecule has 6 nitrogen and oxygen atoms in total. The molecule has 23 heavy (non-hydrogen) atoms. The molecule has 2 saturated heterocycles. The first-order chi connectivity index (χ1) is 11.2. The van der Waals surface area contributed by atoms with E-state index in [0.29, 0.717) is 25.5 Å². The summed E-state index contributed by atoms with van der Waals surface area (Å²) >= 11 is 0. The summed E-state index contributed by atoms with van der Waals surface area (Å²) in [6, 6.07) is 4.12. The molecule has 0 unspecified atom stereocenters. The molecule has 1 amide bonds. The molecular formula is C17H25N3O3. The number of hydrogen-bond acceptors (Lipinski definition) is 5. The van der Waals surface area contributed by atoms with Crippen LogP contribution in [0.2, 0.25) is 0 Å². The summed E-state index contributed by atoms with van der Waals surface area (Å²) in [4.78, 5) is 18.3. The van der Waals surface area contributed by atoms with Gasteiger partial charge in [-0.05, 0) is 24.1 Å². The normalized spacial score (nSPS) is 27.1. The number of carbonyl (C=O) groups excluding carboxylic acids is 1. The Morgan fingerprint density at radius 2 is 2.26 bits per heavy atom. The molecule has 126 valence electrons. The number of rotatable bonds is 7. The number of likely N-dealkylation sites (tertiary alicyclic amines) is 1. The number of nitrogens with zero attached hydrogens (tertiary/aromatic N) is 2. The van der Waals surface area contributed by atoms with Gasteiger partial charge in [-0.3, -0.25) is 14.7 Å². The van der Waals surface area contributed by atoms with Crippen molar-refractivity contribution in [2.75, 3.05) is 33.4 Å². The second-order valence-corrected chi connectivity index (χ2v) is 6.39. The van der Waals surface area contributed by atoms with E-state index >= 15 is 0 Å². The van der Waals surface area contributed by atoms with Crippen LogP contribution in [0.5, 0.6) is 0 Å². The molecule has 0 saturated carbocycles. The van der Waals surface area contributed by atoms with Crippen LogP contribution in [0, 0.1) is 5.92 Å². The molecule has 6 heteroatoms. The van der Waals surface area contributed by atoms with Gasteiger partial charge in [-0.2, -0.15) is 0 Å². The van der Waals surface area contributed by atoms with Crippen LogP contribution in [0.1, 0.15) is 18.4 Å². The highest BCUT2D eigenvalue weighted by molar-refractivity contribution is 5.76. The van der Waals surface area contributed by atoms with Gasteiger partial charge in [-0.25, -0.2) is 0 Å². The summed E-state index contributed by atoms with van der Waals surface area (Å²) in [6.45, 7) is 4.06. The fraction of sp³-hybridized carbons (Fsp3) is 0.647. The molecular weight excluding hydrogens is 294 g/mol. The van der Waals surface area contributed by atoms with E-state index in [0.717, 1.165) is 26.1 Å². The average Bonchev–Trinajstić information content (AvgIpc) is 3.06. The van der Waals surface area contributed by atoms with Gasteiger partial charge in [0.25, 0.3) is 0 Å². The molecule has 1 aromatic rings. The Labute approximate surface area is 137 Å². The summed E-state index contributed by atoms with van der Waals surface area (Å²) < 4.78 is 11.0. The highest BCUT2D eigenvalue weighted by Gasteiger charge is 2.42. The number of methoxy groups -OCH3 is 1. The zero-order valence-corrected chi connectivity index (χ0v) is 13.6. The zero-order valence-electron chi connectivity index (χ0n) is 13.6. The molecule has 2 fully saturated rings. The van der Waals surface area contributed by atoms with E-state index in [1.807, 2.05) is 12.4 Å². The number of fused-ring (bicyclic) bond motifs is 1. The van der Waals surface area contributed by atoms with Crippen LogP contribution in [0.25, 0.3) is 0 Å². The minimum atomic E-state index is 0.0562. The third kappa shape index (κ3) is 4.50. The predicted octanol–water partition coefficient (Wildman–Crippen LogP) is 0.824. The molecule has 3 heterocycles. The van der Waals surface area contributed by atoms with Gasteiger partial charge in [-0.1, -0.05) is 0 Å². The lowest BCUT2D eigenvalue weighted by atomic mass is 10.0. The number of amides is 1. The van der Waals surface area contributed by atoms with Crippen molar-refractivity contribution in [1.82, 2.24) is 15.2 Å². The highest BCUT2D eigenvalue weighted by Crippen LogP contribution is 2.34. The van der Waals surface area contributed by atoms with E-state index in [9.17, 15) is 4.79 Å². The molecule has 3 atom stereocenters. The van der Waals surface area contributed by atoms with Crippen LogP contribution in [-0.4, -0.2) is 61.3 Å². The van der Waals surface area contributed by atoms with E-state index < -0.39 is 0 Å². The van der Waals surface area contributed by atoms with Crippen molar-refractivity contribution >= 4 is 5.91 Å². The Hall–Kier alpha value is -1.50. The summed E-state index contributed by atoms with van der Waals surface area (Å²) in [6.07, 6.45) is 5.45. The number of carbonyl (C=O) groups is 1. The molecule has 3 rings (SSSR count). The Kier molecular flexibility index (Phi) is 5.59. The van der Waals surface area contributed by atoms with Gasteiger partial charge < -0.3 is 14.8 Å². The summed E-state index contributed by atoms with van der Waals surface area (Å²) in [5, 5.41) is 2.86. The largest absolute Gasteiger partial charge is 0.383 e. The lowest BCUT2D eigenvalue weighted by Gasteiger charge is -2.19. The summed E-state index contributed by atoms with van der Waals surface area (Å²) in [7, 11) is 1.63. The first-order valence-electron chi connectivity index (χ1n) is 8.27. The molecule has 2 aliphatic rings. The fourth-order valence-corrected chi connectivity index (χ4v) is 3.53. The van der Waals surface area contributed by atoms with Gasteiger partial charge >= 0.3 is 0 Å². The smallest absolute Gasteiger partial charge is 0.222 e. The minimum absolute atomic E-state index is 0.0562. The molecule has 0 spiro atoms. The highest BCUT2D eigenvalue weighted by atomic mass is 16.5. The van der Waals surface area contributed by atoms with Gasteiger partial charge in [0.1, 0.15) is 0 Å². The minimum Gasteiger partial charge on any atom is -0.383 e. The number of nitrogens with one attached hydrogen (secondary N) is 1. The Bertz CT molecular complexity index is 497. The van der Waals surface area contributed by atoms with Crippen LogP contribution in [0.3, 0.4) is 0 Å². The van der Waals surface area contributed by atoms with E-state index in [4.69, 9.17) is 9.47 Å². The van der Waals surface area contributed by atoms with Crippen LogP contribution in [0.4, 0.5) is 0 Å². The van der Waals surface area contributed by atoms with Gasteiger partial charge in [0.2, 0.25) is 5.91 Å². The quantitative estimate of drug-likeness (QED) is 0.754. The molecule has 0 aliphatic carbocycles. The first-order valence-corrected chi connectivity index (χ1v) is 8.27. The Balaban J connectivity index is 1.40. The third-order valence-corrected chi connectivity index (χ3v) is 4.59. The fourth-order valence-electron chi connectivity index (χ4n) is 3.53. The van der Waals surface area contributed by atoms with Crippen molar-refractivity contribution in [2.45, 2.75) is 31.6 Å². The Morgan fingerprint density at radius 1 is 1.43 bits per heavy atom. The van der Waals surface area contributed by atoms with Crippen LogP contribution in [-0.2, 0) is 20.8 Å². The van der Waals surface area contributed by atoms with E-state index in [2.05, 4.69) is 27.3 Å². The molecule has 0 radical (unpaired) electrons. The van der Waals surface area contributed by atoms with Crippen LogP contribution < -0.4 is 5.32 Å². The third-order valence-electron chi connectivity index (χ3n) is 4.59. The van der Waals surface area contributed by atoms with Crippen molar-refractivity contribution < 1.29 is 14.3 Å². The monoisotopic (exact) mass is 319 g/mol. The van der Waals surface area contributed by atoms with Crippen molar-refractivity contribution in [1.29, 1.82) is 0 Å². The lowest BCUT2D eigenvalue weighted by molar-refractivity contribution is -0.124. The number of ether oxygens (including phenoxy) is 2. The zero-order chi connectivity index (χ0) is 16.1. The average molecular weight is 319 g/mol. The number of hydrogen-bond donors (Lipinski definition) is 1. The van der Waals surface area contributed by atoms with Gasteiger partial charge in [0.05, 0.1) is 25.2 Å². The van der Waals surface area contributed by atoms with E-state index in [1.54, 1.807) is 7.11 Å². The second kappa shape index (κ2) is 7.86. The Morgan fingerprint density at radius 3 is 3.00 bits per heavy atom.